The summed E-state index contributed by atoms with van der Waals surface area (Å²) >= 11 is 10.3. The minimum atomic E-state index is -0.689. The van der Waals surface area contributed by atoms with Crippen LogP contribution in [0.4, 0.5) is 21.0 Å². The zero-order valence-electron chi connectivity index (χ0n) is 16.9. The number of carbonyl (C=O) groups excluding carboxylic acids is 2. The SMILES string of the molecule is CCOC(=O)NC(=S)Nc1ccc(Oc2ccccc2)cc1NC(=S)NC(=O)OCC. The molecule has 2 aromatic rings. The molecule has 0 saturated heterocycles. The number of amides is 2. The van der Waals surface area contributed by atoms with Crippen molar-refractivity contribution in [1.29, 1.82) is 0 Å². The molecule has 0 radical (unpaired) electrons. The summed E-state index contributed by atoms with van der Waals surface area (Å²) in [5, 5.41) is 10.6. The third-order valence-corrected chi connectivity index (χ3v) is 3.86. The van der Waals surface area contributed by atoms with Crippen LogP contribution in [0.15, 0.2) is 48.5 Å². The van der Waals surface area contributed by atoms with Gasteiger partial charge in [0, 0.05) is 6.07 Å². The Morgan fingerprint density at radius 3 is 1.87 bits per heavy atom. The van der Waals surface area contributed by atoms with Crippen LogP contribution in [-0.2, 0) is 9.47 Å². The van der Waals surface area contributed by atoms with Crippen LogP contribution in [0, 0.1) is 0 Å². The lowest BCUT2D eigenvalue weighted by Crippen LogP contribution is -2.36. The summed E-state index contributed by atoms with van der Waals surface area (Å²) in [7, 11) is 0. The Balaban J connectivity index is 2.19. The second-order valence-electron chi connectivity index (χ2n) is 5.72. The van der Waals surface area contributed by atoms with Crippen LogP contribution < -0.4 is 26.0 Å². The van der Waals surface area contributed by atoms with Gasteiger partial charge in [-0.15, -0.1) is 0 Å². The number of para-hydroxylation sites is 1. The third-order valence-electron chi connectivity index (χ3n) is 3.45. The zero-order valence-corrected chi connectivity index (χ0v) is 18.5. The number of ether oxygens (including phenoxy) is 3. The van der Waals surface area contributed by atoms with Crippen molar-refractivity contribution in [1.82, 2.24) is 10.6 Å². The number of rotatable bonds is 6. The highest BCUT2D eigenvalue weighted by atomic mass is 32.1. The van der Waals surface area contributed by atoms with Gasteiger partial charge in [-0.3, -0.25) is 10.6 Å². The van der Waals surface area contributed by atoms with Crippen LogP contribution in [0.2, 0.25) is 0 Å². The van der Waals surface area contributed by atoms with E-state index < -0.39 is 12.2 Å². The summed E-state index contributed by atoms with van der Waals surface area (Å²) in [5.41, 5.74) is 0.901. The average Bonchev–Trinajstić information content (AvgIpc) is 2.71. The molecule has 9 nitrogen and oxygen atoms in total. The number of carbonyl (C=O) groups is 2. The van der Waals surface area contributed by atoms with E-state index in [-0.39, 0.29) is 23.4 Å². The third kappa shape index (κ3) is 8.44. The maximum absolute atomic E-state index is 11.6. The number of anilines is 2. The summed E-state index contributed by atoms with van der Waals surface area (Å²) in [6, 6.07) is 14.2. The average molecular weight is 463 g/mol. The largest absolute Gasteiger partial charge is 0.457 e. The highest BCUT2D eigenvalue weighted by Gasteiger charge is 2.12. The smallest absolute Gasteiger partial charge is 0.413 e. The fraction of sp³-hybridized carbons (Fsp3) is 0.200. The lowest BCUT2D eigenvalue weighted by molar-refractivity contribution is 0.157. The Bertz CT molecular complexity index is 940. The first-order chi connectivity index (χ1) is 14.9. The molecule has 0 fully saturated rings. The molecule has 2 amide bonds. The van der Waals surface area contributed by atoms with Crippen LogP contribution in [-0.4, -0.2) is 35.6 Å². The van der Waals surface area contributed by atoms with Gasteiger partial charge >= 0.3 is 12.2 Å². The summed E-state index contributed by atoms with van der Waals surface area (Å²) < 4.78 is 15.4. The molecule has 0 heterocycles. The molecule has 31 heavy (non-hydrogen) atoms. The van der Waals surface area contributed by atoms with Crippen molar-refractivity contribution in [3.8, 4) is 11.5 Å². The van der Waals surface area contributed by atoms with Gasteiger partial charge in [0.25, 0.3) is 0 Å². The molecule has 0 saturated carbocycles. The van der Waals surface area contributed by atoms with Gasteiger partial charge in [-0.25, -0.2) is 9.59 Å². The van der Waals surface area contributed by atoms with Gasteiger partial charge in [0.2, 0.25) is 0 Å². The van der Waals surface area contributed by atoms with E-state index in [1.807, 2.05) is 30.3 Å². The Hall–Kier alpha value is -3.44. The van der Waals surface area contributed by atoms with Crippen LogP contribution in [0.25, 0.3) is 0 Å². The predicted molar refractivity (Wildman–Crippen MR) is 126 cm³/mol. The standard InChI is InChI=1S/C20H22N4O5S2/c1-3-27-19(25)23-17(30)21-15-11-10-14(29-13-8-6-5-7-9-13)12-16(15)22-18(31)24-20(26)28-4-2/h5-12H,3-4H2,1-2H3,(H2,21,23,25,30)(H2,22,24,26,31). The van der Waals surface area contributed by atoms with Gasteiger partial charge in [-0.2, -0.15) is 0 Å². The molecule has 0 spiro atoms. The van der Waals surface area contributed by atoms with Gasteiger partial charge in [-0.1, -0.05) is 18.2 Å². The molecule has 0 bridgehead atoms. The minimum absolute atomic E-state index is 0.00244. The molecule has 0 aliphatic carbocycles. The van der Waals surface area contributed by atoms with Crippen molar-refractivity contribution in [2.45, 2.75) is 13.8 Å². The molecule has 0 atom stereocenters. The van der Waals surface area contributed by atoms with Gasteiger partial charge in [-0.05, 0) is 62.5 Å². The van der Waals surface area contributed by atoms with E-state index in [9.17, 15) is 9.59 Å². The van der Waals surface area contributed by atoms with E-state index in [0.29, 0.717) is 22.9 Å². The van der Waals surface area contributed by atoms with Crippen LogP contribution >= 0.6 is 24.4 Å². The number of thiocarbonyl (C=S) groups is 2. The maximum Gasteiger partial charge on any atom is 0.413 e. The van der Waals surface area contributed by atoms with Crippen molar-refractivity contribution in [3.63, 3.8) is 0 Å². The normalized spacial score (nSPS) is 9.74. The summed E-state index contributed by atoms with van der Waals surface area (Å²) in [5.74, 6) is 1.14. The van der Waals surface area contributed by atoms with Crippen molar-refractivity contribution < 1.29 is 23.8 Å². The minimum Gasteiger partial charge on any atom is -0.457 e. The van der Waals surface area contributed by atoms with E-state index in [0.717, 1.165) is 0 Å². The van der Waals surface area contributed by atoms with E-state index in [1.54, 1.807) is 32.0 Å². The highest BCUT2D eigenvalue weighted by molar-refractivity contribution is 7.80. The molecule has 2 aromatic carbocycles. The van der Waals surface area contributed by atoms with Gasteiger partial charge in [0.05, 0.1) is 24.6 Å². The van der Waals surface area contributed by atoms with Crippen molar-refractivity contribution in [3.05, 3.63) is 48.5 Å². The van der Waals surface area contributed by atoms with Crippen molar-refractivity contribution in [2.75, 3.05) is 23.8 Å². The van der Waals surface area contributed by atoms with E-state index in [1.165, 1.54) is 0 Å². The van der Waals surface area contributed by atoms with Gasteiger partial charge in [0.1, 0.15) is 11.5 Å². The molecule has 0 unspecified atom stereocenters. The zero-order chi connectivity index (χ0) is 22.6. The Morgan fingerprint density at radius 1 is 0.774 bits per heavy atom. The molecule has 0 aliphatic rings. The molecule has 0 aromatic heterocycles. The number of nitrogens with one attached hydrogen (secondary N) is 4. The van der Waals surface area contributed by atoms with Crippen molar-refractivity contribution in [2.24, 2.45) is 0 Å². The van der Waals surface area contributed by atoms with Crippen LogP contribution in [0.1, 0.15) is 13.8 Å². The second kappa shape index (κ2) is 12.3. The molecule has 2 rings (SSSR count). The first-order valence-electron chi connectivity index (χ1n) is 9.27. The number of hydrogen-bond acceptors (Lipinski definition) is 7. The fourth-order valence-electron chi connectivity index (χ4n) is 2.25. The summed E-state index contributed by atoms with van der Waals surface area (Å²) in [4.78, 5) is 23.2. The molecule has 11 heteroatoms. The van der Waals surface area contributed by atoms with Crippen LogP contribution in [0.5, 0.6) is 11.5 Å². The van der Waals surface area contributed by atoms with E-state index in [4.69, 9.17) is 38.6 Å². The molecular formula is C20H22N4O5S2. The Morgan fingerprint density at radius 2 is 1.32 bits per heavy atom. The fourth-order valence-corrected chi connectivity index (χ4v) is 2.64. The first-order valence-corrected chi connectivity index (χ1v) is 10.1. The number of hydrogen-bond donors (Lipinski definition) is 4. The lowest BCUT2D eigenvalue weighted by atomic mass is 10.2. The van der Waals surface area contributed by atoms with E-state index >= 15 is 0 Å². The second-order valence-corrected chi connectivity index (χ2v) is 6.54. The van der Waals surface area contributed by atoms with Gasteiger partial charge in [0.15, 0.2) is 10.2 Å². The number of benzene rings is 2. The summed E-state index contributed by atoms with van der Waals surface area (Å²) in [6.45, 7) is 3.77. The van der Waals surface area contributed by atoms with Gasteiger partial charge < -0.3 is 24.8 Å². The molecule has 4 N–H and O–H groups in total. The predicted octanol–water partition coefficient (Wildman–Crippen LogP) is 4.36. The molecule has 0 aliphatic heterocycles. The maximum atomic E-state index is 11.6. The first kappa shape index (κ1) is 23.8. The monoisotopic (exact) mass is 462 g/mol. The van der Waals surface area contributed by atoms with E-state index in [2.05, 4.69) is 21.3 Å². The van der Waals surface area contributed by atoms with Crippen LogP contribution in [0.3, 0.4) is 0 Å². The Labute approximate surface area is 190 Å². The topological polar surface area (TPSA) is 110 Å². The number of alkyl carbamates (subject to hydrolysis) is 2. The quantitative estimate of drug-likeness (QED) is 0.465. The molecule has 164 valence electrons. The lowest BCUT2D eigenvalue weighted by Gasteiger charge is -2.17. The highest BCUT2D eigenvalue weighted by Crippen LogP contribution is 2.30. The Kier molecular flexibility index (Phi) is 9.46. The molecular weight excluding hydrogens is 440 g/mol. The van der Waals surface area contributed by atoms with Crippen molar-refractivity contribution >= 4 is 58.2 Å². The summed E-state index contributed by atoms with van der Waals surface area (Å²) in [6.07, 6.45) is -1.37.